The summed E-state index contributed by atoms with van der Waals surface area (Å²) in [5.41, 5.74) is 2.97. The van der Waals surface area contributed by atoms with E-state index in [2.05, 4.69) is 10.2 Å². The molecule has 1 aromatic carbocycles. The number of hydrogen-bond acceptors (Lipinski definition) is 4. The van der Waals surface area contributed by atoms with Crippen LogP contribution in [0.15, 0.2) is 23.4 Å². The molecule has 2 aromatic rings. The summed E-state index contributed by atoms with van der Waals surface area (Å²) in [5, 5.41) is 12.8. The molecule has 2 rings (SSSR count). The van der Waals surface area contributed by atoms with Gasteiger partial charge in [0.1, 0.15) is 0 Å². The maximum Gasteiger partial charge on any atom is 0.273 e. The summed E-state index contributed by atoms with van der Waals surface area (Å²) in [5.74, 6) is 0.539. The molecule has 0 bridgehead atoms. The molecule has 0 saturated carbocycles. The van der Waals surface area contributed by atoms with Crippen molar-refractivity contribution in [3.63, 3.8) is 0 Å². The molecule has 0 amide bonds. The Morgan fingerprint density at radius 1 is 1.25 bits per heavy atom. The minimum atomic E-state index is -3.88. The van der Waals surface area contributed by atoms with E-state index in [1.54, 1.807) is 4.57 Å². The van der Waals surface area contributed by atoms with Crippen molar-refractivity contribution in [2.75, 3.05) is 0 Å². The lowest BCUT2D eigenvalue weighted by Crippen LogP contribution is -2.19. The van der Waals surface area contributed by atoms with Crippen LogP contribution in [0.1, 0.15) is 24.5 Å². The summed E-state index contributed by atoms with van der Waals surface area (Å²) in [6, 6.07) is 5.95. The fourth-order valence-corrected chi connectivity index (χ4v) is 2.74. The van der Waals surface area contributed by atoms with Gasteiger partial charge in [0.25, 0.3) is 15.2 Å². The van der Waals surface area contributed by atoms with E-state index < -0.39 is 10.0 Å². The minimum absolute atomic E-state index is 0.185. The Labute approximate surface area is 118 Å². The number of primary sulfonamides is 1. The van der Waals surface area contributed by atoms with Crippen molar-refractivity contribution in [3.05, 3.63) is 29.3 Å². The van der Waals surface area contributed by atoms with Gasteiger partial charge in [-0.3, -0.25) is 4.57 Å². The smallest absolute Gasteiger partial charge is 0.273 e. The normalized spacial score (nSPS) is 11.8. The predicted octanol–water partition coefficient (Wildman–Crippen LogP) is 1.62. The van der Waals surface area contributed by atoms with Gasteiger partial charge in [-0.15, -0.1) is 10.2 Å². The third-order valence-corrected chi connectivity index (χ3v) is 3.86. The molecule has 0 radical (unpaired) electrons. The van der Waals surface area contributed by atoms with Crippen LogP contribution in [0.4, 0.5) is 0 Å². The predicted molar refractivity (Wildman–Crippen MR) is 76.6 cm³/mol. The Bertz CT molecular complexity index is 735. The van der Waals surface area contributed by atoms with Gasteiger partial charge in [-0.25, -0.2) is 13.6 Å². The summed E-state index contributed by atoms with van der Waals surface area (Å²) >= 11 is 0. The first kappa shape index (κ1) is 14.7. The molecule has 108 valence electrons. The van der Waals surface area contributed by atoms with E-state index in [0.717, 1.165) is 23.1 Å². The fraction of sp³-hybridized carbons (Fsp3) is 0.385. The molecule has 0 unspecified atom stereocenters. The topological polar surface area (TPSA) is 90.9 Å². The van der Waals surface area contributed by atoms with Crippen molar-refractivity contribution in [2.24, 2.45) is 5.14 Å². The molecule has 2 N–H and O–H groups in total. The molecule has 1 aromatic heterocycles. The third kappa shape index (κ3) is 2.73. The number of benzene rings is 1. The zero-order chi connectivity index (χ0) is 14.9. The third-order valence-electron chi connectivity index (χ3n) is 3.05. The maximum absolute atomic E-state index is 11.6. The molecule has 1 heterocycles. The average Bonchev–Trinajstić information content (AvgIpc) is 2.76. The molecular weight excluding hydrogens is 276 g/mol. The van der Waals surface area contributed by atoms with Gasteiger partial charge in [-0.2, -0.15) is 0 Å². The highest BCUT2D eigenvalue weighted by Crippen LogP contribution is 2.25. The van der Waals surface area contributed by atoms with Crippen LogP contribution in [-0.2, 0) is 16.6 Å². The maximum atomic E-state index is 11.6. The summed E-state index contributed by atoms with van der Waals surface area (Å²) in [4.78, 5) is 0. The number of aryl methyl sites for hydroxylation is 2. The van der Waals surface area contributed by atoms with Crippen LogP contribution in [0.5, 0.6) is 0 Å². The van der Waals surface area contributed by atoms with Gasteiger partial charge in [0, 0.05) is 12.1 Å². The Morgan fingerprint density at radius 3 is 2.55 bits per heavy atom. The molecule has 0 atom stereocenters. The number of nitrogens with two attached hydrogens (primary N) is 1. The van der Waals surface area contributed by atoms with Gasteiger partial charge >= 0.3 is 0 Å². The first-order valence-corrected chi connectivity index (χ1v) is 7.93. The Balaban J connectivity index is 2.69. The molecule has 20 heavy (non-hydrogen) atoms. The molecular formula is C13H18N4O2S. The van der Waals surface area contributed by atoms with Crippen LogP contribution >= 0.6 is 0 Å². The Morgan fingerprint density at radius 2 is 1.95 bits per heavy atom. The highest BCUT2D eigenvalue weighted by molar-refractivity contribution is 7.89. The second-order valence-electron chi connectivity index (χ2n) is 4.82. The van der Waals surface area contributed by atoms with Gasteiger partial charge in [0.2, 0.25) is 0 Å². The highest BCUT2D eigenvalue weighted by Gasteiger charge is 2.22. The first-order chi connectivity index (χ1) is 9.34. The van der Waals surface area contributed by atoms with Gasteiger partial charge in [-0.1, -0.05) is 24.6 Å². The molecule has 0 aliphatic rings. The van der Waals surface area contributed by atoms with E-state index in [-0.39, 0.29) is 5.16 Å². The fourth-order valence-electron chi connectivity index (χ4n) is 2.10. The molecule has 0 spiro atoms. The number of rotatable bonds is 4. The lowest BCUT2D eigenvalue weighted by Gasteiger charge is -2.10. The van der Waals surface area contributed by atoms with Gasteiger partial charge in [0.15, 0.2) is 5.82 Å². The summed E-state index contributed by atoms with van der Waals surface area (Å²) < 4.78 is 24.7. The van der Waals surface area contributed by atoms with Crippen molar-refractivity contribution >= 4 is 10.0 Å². The van der Waals surface area contributed by atoms with E-state index in [9.17, 15) is 8.42 Å². The first-order valence-electron chi connectivity index (χ1n) is 6.38. The largest absolute Gasteiger partial charge is 0.297 e. The van der Waals surface area contributed by atoms with Crippen LogP contribution in [0.25, 0.3) is 11.4 Å². The monoisotopic (exact) mass is 294 g/mol. The summed E-state index contributed by atoms with van der Waals surface area (Å²) in [6.45, 7) is 6.39. The molecule has 0 aliphatic heterocycles. The number of hydrogen-bond donors (Lipinski definition) is 1. The second-order valence-corrected chi connectivity index (χ2v) is 6.28. The average molecular weight is 294 g/mol. The van der Waals surface area contributed by atoms with Crippen molar-refractivity contribution in [1.29, 1.82) is 0 Å². The van der Waals surface area contributed by atoms with E-state index in [1.165, 1.54) is 0 Å². The van der Waals surface area contributed by atoms with E-state index in [1.807, 2.05) is 39.0 Å². The van der Waals surface area contributed by atoms with Crippen molar-refractivity contribution in [3.8, 4) is 11.4 Å². The minimum Gasteiger partial charge on any atom is -0.297 e. The Hall–Kier alpha value is -1.73. The van der Waals surface area contributed by atoms with Crippen LogP contribution in [-0.4, -0.2) is 23.2 Å². The molecule has 0 aliphatic carbocycles. The van der Waals surface area contributed by atoms with E-state index >= 15 is 0 Å². The van der Waals surface area contributed by atoms with Crippen LogP contribution in [0.2, 0.25) is 0 Å². The van der Waals surface area contributed by atoms with Crippen LogP contribution in [0, 0.1) is 13.8 Å². The number of nitrogens with zero attached hydrogens (tertiary/aromatic N) is 3. The van der Waals surface area contributed by atoms with Gasteiger partial charge in [0.05, 0.1) is 0 Å². The number of aromatic nitrogens is 3. The van der Waals surface area contributed by atoms with Gasteiger partial charge < -0.3 is 0 Å². The van der Waals surface area contributed by atoms with Gasteiger partial charge in [-0.05, 0) is 31.9 Å². The van der Waals surface area contributed by atoms with Crippen LogP contribution < -0.4 is 5.14 Å². The van der Waals surface area contributed by atoms with E-state index in [4.69, 9.17) is 5.14 Å². The summed E-state index contributed by atoms with van der Waals surface area (Å²) in [7, 11) is -3.88. The van der Waals surface area contributed by atoms with Crippen molar-refractivity contribution in [1.82, 2.24) is 14.8 Å². The van der Waals surface area contributed by atoms with E-state index in [0.29, 0.717) is 12.4 Å². The highest BCUT2D eigenvalue weighted by atomic mass is 32.2. The zero-order valence-corrected chi connectivity index (χ0v) is 12.6. The number of sulfonamides is 1. The van der Waals surface area contributed by atoms with Crippen molar-refractivity contribution in [2.45, 2.75) is 38.9 Å². The molecule has 6 nitrogen and oxygen atoms in total. The molecule has 0 fully saturated rings. The second kappa shape index (κ2) is 5.34. The van der Waals surface area contributed by atoms with Crippen LogP contribution in [0.3, 0.4) is 0 Å². The standard InChI is InChI=1S/C13H18N4O2S/c1-4-7-17-12(15-16-13(17)20(14,18)19)11-8-9(2)5-6-10(11)3/h5-6,8H,4,7H2,1-3H3,(H2,14,18,19). The Kier molecular flexibility index (Phi) is 3.92. The molecule has 7 heteroatoms. The quantitative estimate of drug-likeness (QED) is 0.927. The lowest BCUT2D eigenvalue weighted by molar-refractivity contribution is 0.559. The lowest BCUT2D eigenvalue weighted by atomic mass is 10.1. The van der Waals surface area contributed by atoms with Crippen molar-refractivity contribution < 1.29 is 8.42 Å². The summed E-state index contributed by atoms with van der Waals surface area (Å²) in [6.07, 6.45) is 0.762. The zero-order valence-electron chi connectivity index (χ0n) is 11.8. The molecule has 0 saturated heterocycles. The SMILES string of the molecule is CCCn1c(-c2cc(C)ccc2C)nnc1S(N)(=O)=O.